The van der Waals surface area contributed by atoms with E-state index in [4.69, 9.17) is 0 Å². The van der Waals surface area contributed by atoms with Crippen LogP contribution in [0.25, 0.3) is 0 Å². The number of carbonyl (C=O) groups is 1. The van der Waals surface area contributed by atoms with Gasteiger partial charge in [0.2, 0.25) is 5.91 Å². The maximum Gasteiger partial charge on any atom is 0.240 e. The molecule has 1 N–H and O–H groups in total. The molecule has 1 saturated heterocycles. The first kappa shape index (κ1) is 10.9. The number of carbonyl (C=O) groups excluding carboxylic acids is 1. The lowest BCUT2D eigenvalue weighted by Crippen LogP contribution is -2.46. The van der Waals surface area contributed by atoms with E-state index in [1.165, 1.54) is 25.7 Å². The molecule has 1 amide bonds. The average molecular weight is 210 g/mol. The fourth-order valence-electron chi connectivity index (χ4n) is 2.87. The van der Waals surface area contributed by atoms with E-state index in [1.807, 2.05) is 6.92 Å². The number of hydrogen-bond acceptors (Lipinski definition) is 2. The zero-order valence-electron chi connectivity index (χ0n) is 9.99. The predicted octanol–water partition coefficient (Wildman–Crippen LogP) is 1.73. The molecule has 86 valence electrons. The molecule has 0 aromatic rings. The number of rotatable bonds is 2. The normalized spacial score (nSPS) is 33.3. The monoisotopic (exact) mass is 210 g/mol. The summed E-state index contributed by atoms with van der Waals surface area (Å²) in [4.78, 5) is 14.2. The van der Waals surface area contributed by atoms with Crippen LogP contribution in [0.2, 0.25) is 0 Å². The first-order valence-electron chi connectivity index (χ1n) is 6.19. The van der Waals surface area contributed by atoms with Crippen molar-refractivity contribution in [2.45, 2.75) is 64.7 Å². The van der Waals surface area contributed by atoms with Gasteiger partial charge in [-0.2, -0.15) is 0 Å². The second kappa shape index (κ2) is 4.12. The second-order valence-electron chi connectivity index (χ2n) is 5.26. The van der Waals surface area contributed by atoms with Crippen molar-refractivity contribution in [3.8, 4) is 0 Å². The lowest BCUT2D eigenvalue weighted by atomic mass is 10.1. The molecule has 2 unspecified atom stereocenters. The number of nitrogens with zero attached hydrogens (tertiary/aromatic N) is 1. The summed E-state index contributed by atoms with van der Waals surface area (Å²) >= 11 is 0. The minimum atomic E-state index is 0.0120. The van der Waals surface area contributed by atoms with Gasteiger partial charge in [0.1, 0.15) is 0 Å². The van der Waals surface area contributed by atoms with Crippen molar-refractivity contribution in [3.05, 3.63) is 0 Å². The average Bonchev–Trinajstić information content (AvgIpc) is 2.76. The molecule has 2 aliphatic rings. The van der Waals surface area contributed by atoms with Crippen LogP contribution in [0.15, 0.2) is 0 Å². The molecule has 0 radical (unpaired) electrons. The van der Waals surface area contributed by atoms with Crippen LogP contribution in [-0.4, -0.2) is 29.1 Å². The summed E-state index contributed by atoms with van der Waals surface area (Å²) in [5.41, 5.74) is 0. The SMILES string of the molecule is CC1NC(C(C)C)N(C2CCCC2)C1=O. The molecular weight excluding hydrogens is 188 g/mol. The Balaban J connectivity index is 2.14. The van der Waals surface area contributed by atoms with Crippen LogP contribution in [0.5, 0.6) is 0 Å². The molecule has 1 saturated carbocycles. The van der Waals surface area contributed by atoms with Crippen molar-refractivity contribution < 1.29 is 4.79 Å². The van der Waals surface area contributed by atoms with Crippen molar-refractivity contribution in [2.24, 2.45) is 5.92 Å². The maximum atomic E-state index is 12.1. The second-order valence-corrected chi connectivity index (χ2v) is 5.26. The van der Waals surface area contributed by atoms with Crippen LogP contribution >= 0.6 is 0 Å². The van der Waals surface area contributed by atoms with Crippen molar-refractivity contribution in [1.29, 1.82) is 0 Å². The molecule has 15 heavy (non-hydrogen) atoms. The van der Waals surface area contributed by atoms with E-state index in [-0.39, 0.29) is 12.2 Å². The van der Waals surface area contributed by atoms with E-state index in [1.54, 1.807) is 0 Å². The molecule has 2 rings (SSSR count). The Morgan fingerprint density at radius 1 is 1.33 bits per heavy atom. The highest BCUT2D eigenvalue weighted by Gasteiger charge is 2.42. The smallest absolute Gasteiger partial charge is 0.240 e. The summed E-state index contributed by atoms with van der Waals surface area (Å²) in [5, 5.41) is 3.41. The molecule has 0 aromatic heterocycles. The first-order valence-corrected chi connectivity index (χ1v) is 6.19. The van der Waals surface area contributed by atoms with E-state index < -0.39 is 0 Å². The number of amides is 1. The minimum Gasteiger partial charge on any atom is -0.323 e. The van der Waals surface area contributed by atoms with Gasteiger partial charge in [-0.25, -0.2) is 0 Å². The van der Waals surface area contributed by atoms with E-state index in [0.717, 1.165) is 0 Å². The highest BCUT2D eigenvalue weighted by Crippen LogP contribution is 2.29. The van der Waals surface area contributed by atoms with Gasteiger partial charge >= 0.3 is 0 Å². The van der Waals surface area contributed by atoms with Gasteiger partial charge in [-0.15, -0.1) is 0 Å². The van der Waals surface area contributed by atoms with Crippen molar-refractivity contribution in [1.82, 2.24) is 10.2 Å². The Hall–Kier alpha value is -0.570. The van der Waals surface area contributed by atoms with Crippen LogP contribution < -0.4 is 5.32 Å². The van der Waals surface area contributed by atoms with Gasteiger partial charge in [0, 0.05) is 6.04 Å². The van der Waals surface area contributed by atoms with Gasteiger partial charge in [0.05, 0.1) is 12.2 Å². The standard InChI is InChI=1S/C12H22N2O/c1-8(2)11-13-9(3)12(15)14(11)10-6-4-5-7-10/h8-11,13H,4-7H2,1-3H3. The van der Waals surface area contributed by atoms with Gasteiger partial charge in [-0.05, 0) is 25.7 Å². The zero-order valence-corrected chi connectivity index (χ0v) is 9.99. The first-order chi connectivity index (χ1) is 7.11. The van der Waals surface area contributed by atoms with Gasteiger partial charge in [0.25, 0.3) is 0 Å². The van der Waals surface area contributed by atoms with Crippen LogP contribution in [0.4, 0.5) is 0 Å². The summed E-state index contributed by atoms with van der Waals surface area (Å²) in [5.74, 6) is 0.806. The molecule has 1 aliphatic carbocycles. The minimum absolute atomic E-state index is 0.0120. The zero-order chi connectivity index (χ0) is 11.0. The van der Waals surface area contributed by atoms with Gasteiger partial charge < -0.3 is 4.90 Å². The molecule has 2 atom stereocenters. The molecule has 0 spiro atoms. The topological polar surface area (TPSA) is 32.3 Å². The summed E-state index contributed by atoms with van der Waals surface area (Å²) in [6, 6.07) is 0.514. The van der Waals surface area contributed by atoms with Crippen molar-refractivity contribution in [2.75, 3.05) is 0 Å². The Morgan fingerprint density at radius 3 is 2.47 bits per heavy atom. The van der Waals surface area contributed by atoms with Crippen LogP contribution in [0.3, 0.4) is 0 Å². The molecule has 1 aliphatic heterocycles. The fraction of sp³-hybridized carbons (Fsp3) is 0.917. The summed E-state index contributed by atoms with van der Waals surface area (Å²) in [6.07, 6.45) is 5.23. The predicted molar refractivity (Wildman–Crippen MR) is 60.3 cm³/mol. The van der Waals surface area contributed by atoms with Crippen molar-refractivity contribution >= 4 is 5.91 Å². The molecule has 3 nitrogen and oxygen atoms in total. The molecule has 0 aromatic carbocycles. The highest BCUT2D eigenvalue weighted by atomic mass is 16.2. The quantitative estimate of drug-likeness (QED) is 0.753. The Bertz CT molecular complexity index is 246. The third kappa shape index (κ3) is 1.89. The molecule has 3 heteroatoms. The molecule has 1 heterocycles. The van der Waals surface area contributed by atoms with E-state index in [0.29, 0.717) is 17.9 Å². The third-order valence-corrected chi connectivity index (χ3v) is 3.69. The largest absolute Gasteiger partial charge is 0.323 e. The Kier molecular flexibility index (Phi) is 3.01. The van der Waals surface area contributed by atoms with Gasteiger partial charge in [-0.1, -0.05) is 26.7 Å². The summed E-state index contributed by atoms with van der Waals surface area (Å²) in [6.45, 7) is 6.35. The van der Waals surface area contributed by atoms with E-state index in [9.17, 15) is 4.79 Å². The highest BCUT2D eigenvalue weighted by molar-refractivity contribution is 5.84. The molecule has 2 fully saturated rings. The maximum absolute atomic E-state index is 12.1. The third-order valence-electron chi connectivity index (χ3n) is 3.69. The fourth-order valence-corrected chi connectivity index (χ4v) is 2.87. The molecular formula is C12H22N2O. The Morgan fingerprint density at radius 2 is 1.93 bits per heavy atom. The van der Waals surface area contributed by atoms with Gasteiger partial charge in [-0.3, -0.25) is 10.1 Å². The summed E-state index contributed by atoms with van der Waals surface area (Å²) < 4.78 is 0. The number of nitrogens with one attached hydrogen (secondary N) is 1. The van der Waals surface area contributed by atoms with E-state index >= 15 is 0 Å². The van der Waals surface area contributed by atoms with Gasteiger partial charge in [0.15, 0.2) is 0 Å². The van der Waals surface area contributed by atoms with Crippen LogP contribution in [-0.2, 0) is 4.79 Å². The van der Waals surface area contributed by atoms with E-state index in [2.05, 4.69) is 24.1 Å². The molecule has 0 bridgehead atoms. The van der Waals surface area contributed by atoms with Crippen LogP contribution in [0, 0.1) is 5.92 Å². The summed E-state index contributed by atoms with van der Waals surface area (Å²) in [7, 11) is 0. The Labute approximate surface area is 92.2 Å². The number of hydrogen-bond donors (Lipinski definition) is 1. The van der Waals surface area contributed by atoms with Crippen molar-refractivity contribution in [3.63, 3.8) is 0 Å². The lowest BCUT2D eigenvalue weighted by Gasteiger charge is -2.32. The lowest BCUT2D eigenvalue weighted by molar-refractivity contribution is -0.132. The van der Waals surface area contributed by atoms with Crippen LogP contribution in [0.1, 0.15) is 46.5 Å².